The minimum absolute atomic E-state index is 0. The molecule has 1 heterocycles. The fourth-order valence-corrected chi connectivity index (χ4v) is 2.25. The summed E-state index contributed by atoms with van der Waals surface area (Å²) in [6, 6.07) is 6.18. The number of aryl methyl sites for hydroxylation is 1. The molecular weight excluding hydrogens is 197 g/mol. The summed E-state index contributed by atoms with van der Waals surface area (Å²) >= 11 is 5.82. The Morgan fingerprint density at radius 2 is 2.17 bits per heavy atom. The Kier molecular flexibility index (Phi) is 3.61. The number of benzene rings is 1. The van der Waals surface area contributed by atoms with Gasteiger partial charge in [-0.05, 0) is 18.6 Å². The number of thiol groups is 1. The summed E-state index contributed by atoms with van der Waals surface area (Å²) in [5.74, 6) is 0. The Morgan fingerprint density at radius 1 is 1.42 bits per heavy atom. The zero-order valence-corrected chi connectivity index (χ0v) is 7.75. The maximum atomic E-state index is 4.30. The molecule has 1 aromatic heterocycles. The van der Waals surface area contributed by atoms with Crippen molar-refractivity contribution in [3.8, 4) is 0 Å². The summed E-state index contributed by atoms with van der Waals surface area (Å²) in [7, 11) is 0. The van der Waals surface area contributed by atoms with Crippen LogP contribution >= 0.6 is 24.0 Å². The fourth-order valence-electron chi connectivity index (χ4n) is 1.07. The van der Waals surface area contributed by atoms with E-state index in [1.165, 1.54) is 10.3 Å². The molecule has 0 aliphatic rings. The first kappa shape index (κ1) is 10.5. The van der Waals surface area contributed by atoms with Crippen molar-refractivity contribution in [2.75, 3.05) is 0 Å². The van der Waals surface area contributed by atoms with Crippen LogP contribution in [-0.2, 0) is 0 Å². The van der Waals surface area contributed by atoms with E-state index in [2.05, 4.69) is 36.7 Å². The van der Waals surface area contributed by atoms with Crippen LogP contribution in [0.15, 0.2) is 22.5 Å². The minimum atomic E-state index is 0. The van der Waals surface area contributed by atoms with Gasteiger partial charge in [0, 0.05) is 0 Å². The van der Waals surface area contributed by atoms with Crippen molar-refractivity contribution in [3.05, 3.63) is 23.8 Å². The van der Waals surface area contributed by atoms with E-state index < -0.39 is 0 Å². The first-order chi connectivity index (χ1) is 5.27. The van der Waals surface area contributed by atoms with Crippen LogP contribution in [-0.4, -0.2) is 34.5 Å². The SMILES string of the molecule is Cc1cccc2sc(S)nc12.[NaH]. The zero-order valence-electron chi connectivity index (χ0n) is 6.03. The molecule has 0 saturated carbocycles. The molecular formula is C8H8NNaS2. The van der Waals surface area contributed by atoms with Gasteiger partial charge in [0.15, 0.2) is 0 Å². The molecule has 0 saturated heterocycles. The average molecular weight is 205 g/mol. The molecule has 12 heavy (non-hydrogen) atoms. The van der Waals surface area contributed by atoms with Crippen LogP contribution in [0.3, 0.4) is 0 Å². The average Bonchev–Trinajstić information content (AvgIpc) is 2.31. The number of aromatic nitrogens is 1. The van der Waals surface area contributed by atoms with E-state index in [1.54, 1.807) is 11.3 Å². The van der Waals surface area contributed by atoms with Gasteiger partial charge in [-0.25, -0.2) is 4.98 Å². The third kappa shape index (κ3) is 1.86. The van der Waals surface area contributed by atoms with E-state index >= 15 is 0 Å². The van der Waals surface area contributed by atoms with Crippen LogP contribution in [0.4, 0.5) is 0 Å². The molecule has 0 bridgehead atoms. The summed E-state index contributed by atoms with van der Waals surface area (Å²) in [6.07, 6.45) is 0. The monoisotopic (exact) mass is 205 g/mol. The fraction of sp³-hybridized carbons (Fsp3) is 0.125. The van der Waals surface area contributed by atoms with Crippen LogP contribution in [0.25, 0.3) is 10.2 Å². The van der Waals surface area contributed by atoms with Crippen LogP contribution in [0, 0.1) is 6.92 Å². The molecule has 2 rings (SSSR count). The number of hydrogen-bond acceptors (Lipinski definition) is 3. The van der Waals surface area contributed by atoms with E-state index in [0.29, 0.717) is 0 Å². The van der Waals surface area contributed by atoms with Gasteiger partial charge in [0.1, 0.15) is 4.34 Å². The molecule has 2 aromatic rings. The molecule has 0 unspecified atom stereocenters. The van der Waals surface area contributed by atoms with Crippen molar-refractivity contribution in [1.82, 2.24) is 4.98 Å². The van der Waals surface area contributed by atoms with E-state index in [9.17, 15) is 0 Å². The van der Waals surface area contributed by atoms with Gasteiger partial charge in [0.2, 0.25) is 0 Å². The van der Waals surface area contributed by atoms with Gasteiger partial charge in [0.25, 0.3) is 0 Å². The Labute approximate surface area is 103 Å². The van der Waals surface area contributed by atoms with Crippen LogP contribution in [0.5, 0.6) is 0 Å². The first-order valence-corrected chi connectivity index (χ1v) is 4.59. The van der Waals surface area contributed by atoms with Gasteiger partial charge in [0.05, 0.1) is 10.2 Å². The number of fused-ring (bicyclic) bond motifs is 1. The third-order valence-electron chi connectivity index (χ3n) is 1.61. The second kappa shape index (κ2) is 4.11. The number of nitrogens with zero attached hydrogens (tertiary/aromatic N) is 1. The van der Waals surface area contributed by atoms with E-state index in [4.69, 9.17) is 0 Å². The standard InChI is InChI=1S/C8H7NS2.Na.H/c1-5-3-2-4-6-7(5)9-8(10)11-6;;/h2-4H,1H3,(H,9,10);;. The molecule has 58 valence electrons. The Morgan fingerprint density at radius 3 is 2.83 bits per heavy atom. The van der Waals surface area contributed by atoms with Gasteiger partial charge < -0.3 is 0 Å². The number of hydrogen-bond donors (Lipinski definition) is 1. The van der Waals surface area contributed by atoms with Crippen LogP contribution in [0.2, 0.25) is 0 Å². The van der Waals surface area contributed by atoms with Gasteiger partial charge in [-0.3, -0.25) is 0 Å². The van der Waals surface area contributed by atoms with E-state index in [1.807, 2.05) is 6.07 Å². The normalized spacial score (nSPS) is 9.83. The summed E-state index contributed by atoms with van der Waals surface area (Å²) in [5.41, 5.74) is 2.31. The number of para-hydroxylation sites is 1. The molecule has 0 atom stereocenters. The van der Waals surface area contributed by atoms with Gasteiger partial charge in [-0.15, -0.1) is 24.0 Å². The van der Waals surface area contributed by atoms with Gasteiger partial charge in [-0.2, -0.15) is 0 Å². The molecule has 0 fully saturated rings. The quantitative estimate of drug-likeness (QED) is 0.514. The van der Waals surface area contributed by atoms with E-state index in [-0.39, 0.29) is 29.6 Å². The van der Waals surface area contributed by atoms with Gasteiger partial charge in [-0.1, -0.05) is 12.1 Å². The second-order valence-electron chi connectivity index (χ2n) is 2.42. The second-order valence-corrected chi connectivity index (χ2v) is 4.17. The summed E-state index contributed by atoms with van der Waals surface area (Å²) in [5, 5.41) is 0. The van der Waals surface area contributed by atoms with E-state index in [0.717, 1.165) is 9.86 Å². The molecule has 1 aromatic carbocycles. The third-order valence-corrected chi connectivity index (χ3v) is 2.81. The summed E-state index contributed by atoms with van der Waals surface area (Å²) in [4.78, 5) is 4.30. The predicted octanol–water partition coefficient (Wildman–Crippen LogP) is 2.24. The van der Waals surface area contributed by atoms with Crippen molar-refractivity contribution in [2.24, 2.45) is 0 Å². The zero-order chi connectivity index (χ0) is 7.84. The molecule has 0 aliphatic carbocycles. The Hall–Kier alpha value is 0.460. The van der Waals surface area contributed by atoms with Crippen molar-refractivity contribution >= 4 is 63.7 Å². The van der Waals surface area contributed by atoms with Crippen LogP contribution in [0.1, 0.15) is 5.56 Å². The van der Waals surface area contributed by atoms with Crippen molar-refractivity contribution in [1.29, 1.82) is 0 Å². The predicted molar refractivity (Wildman–Crippen MR) is 58.8 cm³/mol. The molecule has 0 radical (unpaired) electrons. The van der Waals surface area contributed by atoms with Crippen LogP contribution < -0.4 is 0 Å². The number of thiazole rings is 1. The topological polar surface area (TPSA) is 12.9 Å². The number of rotatable bonds is 0. The van der Waals surface area contributed by atoms with Crippen molar-refractivity contribution in [2.45, 2.75) is 11.3 Å². The summed E-state index contributed by atoms with van der Waals surface area (Å²) in [6.45, 7) is 2.06. The Bertz CT molecular complexity index is 397. The molecule has 1 nitrogen and oxygen atoms in total. The molecule has 0 spiro atoms. The van der Waals surface area contributed by atoms with Crippen molar-refractivity contribution < 1.29 is 0 Å². The molecule has 0 aliphatic heterocycles. The Balaban J connectivity index is 0.000000720. The summed E-state index contributed by atoms with van der Waals surface area (Å²) < 4.78 is 2.06. The van der Waals surface area contributed by atoms with Gasteiger partial charge >= 0.3 is 29.6 Å². The first-order valence-electron chi connectivity index (χ1n) is 3.32. The molecule has 4 heteroatoms. The van der Waals surface area contributed by atoms with Crippen molar-refractivity contribution in [3.63, 3.8) is 0 Å². The molecule has 0 amide bonds. The maximum absolute atomic E-state index is 4.30. The molecule has 0 N–H and O–H groups in total.